The van der Waals surface area contributed by atoms with Gasteiger partial charge in [0.05, 0.1) is 26.4 Å². The lowest BCUT2D eigenvalue weighted by Gasteiger charge is -2.61. The van der Waals surface area contributed by atoms with Crippen LogP contribution in [0.3, 0.4) is 0 Å². The quantitative estimate of drug-likeness (QED) is 0.631. The molecule has 5 heteroatoms. The van der Waals surface area contributed by atoms with E-state index in [0.29, 0.717) is 36.8 Å². The van der Waals surface area contributed by atoms with Crippen LogP contribution in [0.15, 0.2) is 0 Å². The topological polar surface area (TPSA) is 54.0 Å². The third-order valence-corrected chi connectivity index (χ3v) is 10.1. The summed E-state index contributed by atoms with van der Waals surface area (Å²) in [4.78, 5) is 13.5. The van der Waals surface area contributed by atoms with Gasteiger partial charge in [0.1, 0.15) is 5.78 Å². The second kappa shape index (κ2) is 5.81. The fraction of sp³-hybridized carbons (Fsp3) is 0.957. The van der Waals surface area contributed by atoms with Gasteiger partial charge in [0, 0.05) is 37.0 Å². The Morgan fingerprint density at radius 2 is 1.50 bits per heavy atom. The summed E-state index contributed by atoms with van der Waals surface area (Å²) in [5.41, 5.74) is 0.150. The van der Waals surface area contributed by atoms with Crippen LogP contribution >= 0.6 is 0 Å². The Balaban J connectivity index is 1.31. The van der Waals surface area contributed by atoms with Crippen molar-refractivity contribution in [3.8, 4) is 0 Å². The second-order valence-corrected chi connectivity index (χ2v) is 10.9. The molecule has 4 saturated carbocycles. The molecule has 28 heavy (non-hydrogen) atoms. The van der Waals surface area contributed by atoms with Crippen molar-refractivity contribution in [2.24, 2.45) is 34.5 Å². The number of fused-ring (bicyclic) bond motifs is 6. The molecule has 2 heterocycles. The molecule has 4 aliphatic carbocycles. The van der Waals surface area contributed by atoms with Crippen LogP contribution in [0.4, 0.5) is 0 Å². The van der Waals surface area contributed by atoms with E-state index in [9.17, 15) is 4.79 Å². The average Bonchev–Trinajstić information content (AvgIpc) is 3.39. The smallest absolute Gasteiger partial charge is 0.174 e. The number of ketones is 1. The third-order valence-electron chi connectivity index (χ3n) is 10.1. The van der Waals surface area contributed by atoms with E-state index in [0.717, 1.165) is 58.2 Å². The van der Waals surface area contributed by atoms with Gasteiger partial charge in [-0.1, -0.05) is 13.8 Å². The van der Waals surface area contributed by atoms with E-state index in [1.165, 1.54) is 6.42 Å². The van der Waals surface area contributed by atoms with Gasteiger partial charge in [-0.15, -0.1) is 0 Å². The van der Waals surface area contributed by atoms with Crippen molar-refractivity contribution >= 4 is 5.78 Å². The van der Waals surface area contributed by atoms with E-state index in [1.54, 1.807) is 0 Å². The second-order valence-electron chi connectivity index (χ2n) is 10.9. The lowest BCUT2D eigenvalue weighted by Crippen LogP contribution is -2.60. The molecule has 0 aromatic heterocycles. The zero-order valence-electron chi connectivity index (χ0n) is 17.3. The molecule has 6 atom stereocenters. The Labute approximate surface area is 167 Å². The Bertz CT molecular complexity index is 678. The molecule has 2 aliphatic heterocycles. The van der Waals surface area contributed by atoms with E-state index in [-0.39, 0.29) is 22.5 Å². The molecule has 0 bridgehead atoms. The lowest BCUT2D eigenvalue weighted by atomic mass is 9.44. The number of rotatable bonds is 0. The molecule has 156 valence electrons. The normalized spacial score (nSPS) is 51.3. The predicted molar refractivity (Wildman–Crippen MR) is 101 cm³/mol. The number of Topliss-reactive ketones (excluding diaryl/α,β-unsaturated/α-hetero) is 1. The van der Waals surface area contributed by atoms with Crippen LogP contribution in [-0.4, -0.2) is 43.8 Å². The summed E-state index contributed by atoms with van der Waals surface area (Å²) in [7, 11) is 0. The molecule has 0 N–H and O–H groups in total. The maximum Gasteiger partial charge on any atom is 0.174 e. The summed E-state index contributed by atoms with van der Waals surface area (Å²) >= 11 is 0. The molecule has 2 saturated heterocycles. The van der Waals surface area contributed by atoms with Crippen molar-refractivity contribution < 1.29 is 23.7 Å². The summed E-state index contributed by atoms with van der Waals surface area (Å²) in [5.74, 6) is 1.35. The van der Waals surface area contributed by atoms with Gasteiger partial charge in [-0.05, 0) is 48.9 Å². The van der Waals surface area contributed by atoms with Crippen molar-refractivity contribution in [2.75, 3.05) is 26.4 Å². The monoisotopic (exact) mass is 390 g/mol. The van der Waals surface area contributed by atoms with Crippen LogP contribution in [0.25, 0.3) is 0 Å². The SMILES string of the molecule is CC12CCC3(C[C@@H]1C(=O)CC1C2CCC2(C)C1CCC21OCCO1)OCCO3. The molecule has 6 rings (SSSR count). The highest BCUT2D eigenvalue weighted by Crippen LogP contribution is 2.69. The molecule has 0 radical (unpaired) electrons. The van der Waals surface area contributed by atoms with Crippen molar-refractivity contribution in [2.45, 2.75) is 76.8 Å². The Morgan fingerprint density at radius 3 is 2.25 bits per heavy atom. The van der Waals surface area contributed by atoms with Gasteiger partial charge in [0.15, 0.2) is 11.6 Å². The summed E-state index contributed by atoms with van der Waals surface area (Å²) in [5, 5.41) is 0. The van der Waals surface area contributed by atoms with Gasteiger partial charge in [-0.3, -0.25) is 4.79 Å². The van der Waals surface area contributed by atoms with Crippen molar-refractivity contribution in [1.82, 2.24) is 0 Å². The van der Waals surface area contributed by atoms with Gasteiger partial charge in [0.2, 0.25) is 0 Å². The van der Waals surface area contributed by atoms with Gasteiger partial charge in [0.25, 0.3) is 0 Å². The molecule has 0 amide bonds. The van der Waals surface area contributed by atoms with Crippen molar-refractivity contribution in [1.29, 1.82) is 0 Å². The summed E-state index contributed by atoms with van der Waals surface area (Å²) in [6.45, 7) is 7.58. The number of hydrogen-bond donors (Lipinski definition) is 0. The first-order valence-corrected chi connectivity index (χ1v) is 11.5. The Morgan fingerprint density at radius 1 is 0.821 bits per heavy atom. The highest BCUT2D eigenvalue weighted by molar-refractivity contribution is 5.83. The van der Waals surface area contributed by atoms with E-state index < -0.39 is 5.79 Å². The molecule has 2 spiro atoms. The number of carbonyl (C=O) groups is 1. The average molecular weight is 391 g/mol. The van der Waals surface area contributed by atoms with E-state index in [2.05, 4.69) is 13.8 Å². The summed E-state index contributed by atoms with van der Waals surface area (Å²) in [6.07, 6.45) is 7.98. The maximum absolute atomic E-state index is 13.5. The predicted octanol–water partition coefficient (Wildman–Crippen LogP) is 3.69. The van der Waals surface area contributed by atoms with Crippen LogP contribution in [0, 0.1) is 34.5 Å². The minimum absolute atomic E-state index is 0.0572. The number of hydrogen-bond acceptors (Lipinski definition) is 5. The van der Waals surface area contributed by atoms with Gasteiger partial charge in [-0.25, -0.2) is 0 Å². The largest absolute Gasteiger partial charge is 0.348 e. The van der Waals surface area contributed by atoms with Crippen LogP contribution in [0.1, 0.15) is 65.2 Å². The third kappa shape index (κ3) is 2.15. The maximum atomic E-state index is 13.5. The molecule has 0 aromatic rings. The van der Waals surface area contributed by atoms with Crippen LogP contribution in [0.2, 0.25) is 0 Å². The first kappa shape index (κ1) is 18.3. The highest BCUT2D eigenvalue weighted by Gasteiger charge is 2.69. The molecule has 5 unspecified atom stereocenters. The van der Waals surface area contributed by atoms with Crippen molar-refractivity contribution in [3.63, 3.8) is 0 Å². The Hall–Kier alpha value is -0.490. The zero-order valence-corrected chi connectivity index (χ0v) is 17.3. The fourth-order valence-electron chi connectivity index (χ4n) is 8.62. The zero-order chi connectivity index (χ0) is 19.2. The van der Waals surface area contributed by atoms with Crippen molar-refractivity contribution in [3.05, 3.63) is 0 Å². The lowest BCUT2D eigenvalue weighted by molar-refractivity contribution is -0.254. The Kier molecular flexibility index (Phi) is 3.79. The fourth-order valence-corrected chi connectivity index (χ4v) is 8.62. The molecule has 0 aromatic carbocycles. The molecule has 5 nitrogen and oxygen atoms in total. The molecule has 6 aliphatic rings. The number of carbonyl (C=O) groups excluding carboxylic acids is 1. The highest BCUT2D eigenvalue weighted by atomic mass is 16.7. The van der Waals surface area contributed by atoms with Gasteiger partial charge < -0.3 is 18.9 Å². The first-order valence-electron chi connectivity index (χ1n) is 11.5. The van der Waals surface area contributed by atoms with E-state index >= 15 is 0 Å². The minimum Gasteiger partial charge on any atom is -0.348 e. The molecule has 6 fully saturated rings. The van der Waals surface area contributed by atoms with Crippen LogP contribution < -0.4 is 0 Å². The molecular weight excluding hydrogens is 356 g/mol. The first-order chi connectivity index (χ1) is 13.4. The summed E-state index contributed by atoms with van der Waals surface area (Å²) < 4.78 is 24.5. The number of ether oxygens (including phenoxy) is 4. The minimum atomic E-state index is -0.473. The standard InChI is InChI=1S/C23H34O5/c1-20-7-8-22(25-9-10-26-22)14-18(20)19(24)13-15-16(20)3-5-21(2)17(15)4-6-23(21)27-11-12-28-23/h15-18H,3-14H2,1-2H3/t15?,16?,17?,18-,20?,21?/m1/s1. The summed E-state index contributed by atoms with van der Waals surface area (Å²) in [6, 6.07) is 0. The van der Waals surface area contributed by atoms with E-state index in [1.807, 2.05) is 0 Å². The molecular formula is C23H34O5. The van der Waals surface area contributed by atoms with Gasteiger partial charge in [-0.2, -0.15) is 0 Å². The van der Waals surface area contributed by atoms with E-state index in [4.69, 9.17) is 18.9 Å². The van der Waals surface area contributed by atoms with Crippen LogP contribution in [-0.2, 0) is 23.7 Å². The van der Waals surface area contributed by atoms with Crippen LogP contribution in [0.5, 0.6) is 0 Å². The van der Waals surface area contributed by atoms with Gasteiger partial charge >= 0.3 is 0 Å².